The third-order valence-electron chi connectivity index (χ3n) is 7.22. The molecule has 37 heavy (non-hydrogen) atoms. The molecule has 0 atom stereocenters. The zero-order chi connectivity index (χ0) is 25.6. The van der Waals surface area contributed by atoms with E-state index >= 15 is 0 Å². The predicted molar refractivity (Wildman–Crippen MR) is 144 cm³/mol. The molecule has 1 N–H and O–H groups in total. The highest BCUT2D eigenvalue weighted by molar-refractivity contribution is 6.12. The molecule has 2 aliphatic rings. The van der Waals surface area contributed by atoms with Crippen LogP contribution in [0, 0.1) is 5.92 Å². The van der Waals surface area contributed by atoms with Crippen molar-refractivity contribution in [2.75, 3.05) is 36.0 Å². The normalized spacial score (nSPS) is 15.9. The molecule has 5 rings (SSSR count). The Morgan fingerprint density at radius 1 is 0.784 bits per heavy atom. The number of carbonyl (C=O) groups excluding carboxylic acids is 3. The van der Waals surface area contributed by atoms with E-state index in [4.69, 9.17) is 0 Å². The second-order valence-corrected chi connectivity index (χ2v) is 9.71. The number of nitrogens with zero attached hydrogens (tertiary/aromatic N) is 3. The lowest BCUT2D eigenvalue weighted by molar-refractivity contribution is -0.132. The van der Waals surface area contributed by atoms with Crippen molar-refractivity contribution >= 4 is 29.2 Å². The van der Waals surface area contributed by atoms with Gasteiger partial charge in [-0.05, 0) is 48.4 Å². The number of anilines is 2. The molecular weight excluding hydrogens is 464 g/mol. The van der Waals surface area contributed by atoms with Gasteiger partial charge in [-0.1, -0.05) is 72.8 Å². The maximum Gasteiger partial charge on any atom is 0.322 e. The van der Waals surface area contributed by atoms with Crippen LogP contribution in [0.3, 0.4) is 0 Å². The molecule has 4 amide bonds. The fraction of sp³-hybridized carbons (Fsp3) is 0.300. The molecule has 0 aromatic heterocycles. The van der Waals surface area contributed by atoms with Crippen LogP contribution in [0.25, 0.3) is 0 Å². The summed E-state index contributed by atoms with van der Waals surface area (Å²) < 4.78 is 0. The molecule has 0 aliphatic carbocycles. The minimum Gasteiger partial charge on any atom is -0.341 e. The maximum absolute atomic E-state index is 13.2. The highest BCUT2D eigenvalue weighted by Gasteiger charge is 2.34. The smallest absolute Gasteiger partial charge is 0.322 e. The van der Waals surface area contributed by atoms with Crippen LogP contribution in [-0.2, 0) is 22.6 Å². The minimum atomic E-state index is -0.337. The molecule has 0 spiro atoms. The van der Waals surface area contributed by atoms with Crippen LogP contribution in [-0.4, -0.2) is 48.9 Å². The molecule has 1 saturated heterocycles. The highest BCUT2D eigenvalue weighted by atomic mass is 16.2. The third-order valence-corrected chi connectivity index (χ3v) is 7.22. The van der Waals surface area contributed by atoms with Gasteiger partial charge in [-0.15, -0.1) is 0 Å². The largest absolute Gasteiger partial charge is 0.341 e. The third kappa shape index (κ3) is 5.82. The number of para-hydroxylation sites is 2. The zero-order valence-electron chi connectivity index (χ0n) is 20.9. The van der Waals surface area contributed by atoms with Gasteiger partial charge < -0.3 is 10.2 Å². The van der Waals surface area contributed by atoms with E-state index < -0.39 is 0 Å². The Kier molecular flexibility index (Phi) is 7.49. The van der Waals surface area contributed by atoms with Crippen molar-refractivity contribution in [3.63, 3.8) is 0 Å². The molecule has 7 nitrogen and oxygen atoms in total. The number of benzene rings is 3. The molecule has 3 aromatic carbocycles. The van der Waals surface area contributed by atoms with Crippen molar-refractivity contribution in [1.29, 1.82) is 0 Å². The number of nitrogens with one attached hydrogen (secondary N) is 1. The van der Waals surface area contributed by atoms with Gasteiger partial charge in [-0.25, -0.2) is 4.79 Å². The van der Waals surface area contributed by atoms with Crippen molar-refractivity contribution in [2.24, 2.45) is 5.92 Å². The second-order valence-electron chi connectivity index (χ2n) is 9.71. The Balaban J connectivity index is 1.20. The lowest BCUT2D eigenvalue weighted by atomic mass is 9.90. The first-order valence-electron chi connectivity index (χ1n) is 12.9. The van der Waals surface area contributed by atoms with Crippen molar-refractivity contribution < 1.29 is 14.4 Å². The van der Waals surface area contributed by atoms with E-state index in [1.165, 1.54) is 15.4 Å². The number of amides is 4. The first-order valence-corrected chi connectivity index (χ1v) is 12.9. The van der Waals surface area contributed by atoms with Gasteiger partial charge in [0.15, 0.2) is 0 Å². The van der Waals surface area contributed by atoms with Gasteiger partial charge >= 0.3 is 6.03 Å². The van der Waals surface area contributed by atoms with Gasteiger partial charge in [0.2, 0.25) is 11.8 Å². The number of urea groups is 1. The summed E-state index contributed by atoms with van der Waals surface area (Å²) >= 11 is 0. The van der Waals surface area contributed by atoms with Crippen molar-refractivity contribution in [2.45, 2.75) is 25.8 Å². The average molecular weight is 497 g/mol. The van der Waals surface area contributed by atoms with E-state index in [0.717, 1.165) is 24.8 Å². The van der Waals surface area contributed by atoms with E-state index in [1.807, 2.05) is 59.5 Å². The van der Waals surface area contributed by atoms with Crippen molar-refractivity contribution in [1.82, 2.24) is 10.2 Å². The van der Waals surface area contributed by atoms with E-state index in [9.17, 15) is 14.4 Å². The Morgan fingerprint density at radius 3 is 2.05 bits per heavy atom. The van der Waals surface area contributed by atoms with Crippen molar-refractivity contribution in [3.05, 3.63) is 96.1 Å². The maximum atomic E-state index is 13.2. The first-order chi connectivity index (χ1) is 18.1. The number of hydrogen-bond acceptors (Lipinski definition) is 3. The Bertz CT molecular complexity index is 1240. The number of piperidine rings is 1. The summed E-state index contributed by atoms with van der Waals surface area (Å²) in [5.74, 6) is 0.246. The Morgan fingerprint density at radius 2 is 1.38 bits per heavy atom. The van der Waals surface area contributed by atoms with Crippen LogP contribution in [0.1, 0.15) is 24.0 Å². The number of hydrogen-bond donors (Lipinski definition) is 1. The average Bonchev–Trinajstić information content (AvgIpc) is 2.94. The molecule has 1 fully saturated rings. The Labute approximate surface area is 217 Å². The monoisotopic (exact) mass is 496 g/mol. The second kappa shape index (κ2) is 11.3. The molecule has 190 valence electrons. The summed E-state index contributed by atoms with van der Waals surface area (Å²) in [6.07, 6.45) is 2.95. The first kappa shape index (κ1) is 24.6. The quantitative estimate of drug-likeness (QED) is 0.555. The molecule has 2 heterocycles. The predicted octanol–water partition coefficient (Wildman–Crippen LogP) is 4.23. The number of carbonyl (C=O) groups is 3. The lowest BCUT2D eigenvalue weighted by Gasteiger charge is -2.38. The molecule has 0 saturated carbocycles. The van der Waals surface area contributed by atoms with E-state index in [2.05, 4.69) is 29.6 Å². The number of fused-ring (bicyclic) bond motifs is 1. The minimum absolute atomic E-state index is 0.0152. The van der Waals surface area contributed by atoms with Crippen LogP contribution in [0.2, 0.25) is 0 Å². The lowest BCUT2D eigenvalue weighted by Crippen LogP contribution is -2.54. The molecule has 0 unspecified atom stereocenters. The summed E-state index contributed by atoms with van der Waals surface area (Å²) in [5.41, 5.74) is 3.52. The van der Waals surface area contributed by atoms with Gasteiger partial charge in [0, 0.05) is 19.6 Å². The van der Waals surface area contributed by atoms with Gasteiger partial charge in [-0.2, -0.15) is 0 Å². The van der Waals surface area contributed by atoms with E-state index in [-0.39, 0.29) is 30.9 Å². The standard InChI is InChI=1S/C30H32N4O3/c35-28(32-17-15-24(16-18-32)19-23-9-3-1-4-10-23)21-33-26-13-7-8-14-27(26)34(22-29(33)36)30(37)31-20-25-11-5-2-6-12-25/h1-14,24H,15-22H2,(H,31,37). The number of likely N-dealkylation sites (tertiary alicyclic amines) is 1. The summed E-state index contributed by atoms with van der Waals surface area (Å²) in [4.78, 5) is 44.2. The summed E-state index contributed by atoms with van der Waals surface area (Å²) in [7, 11) is 0. The fourth-order valence-electron chi connectivity index (χ4n) is 5.15. The van der Waals surface area contributed by atoms with Crippen LogP contribution >= 0.6 is 0 Å². The molecule has 2 aliphatic heterocycles. The summed E-state index contributed by atoms with van der Waals surface area (Å²) in [6.45, 7) is 1.65. The van der Waals surface area contributed by atoms with Crippen molar-refractivity contribution in [3.8, 4) is 0 Å². The fourth-order valence-corrected chi connectivity index (χ4v) is 5.15. The molecule has 0 radical (unpaired) electrons. The van der Waals surface area contributed by atoms with Gasteiger partial charge in [0.1, 0.15) is 13.1 Å². The van der Waals surface area contributed by atoms with Gasteiger partial charge in [0.25, 0.3) is 0 Å². The van der Waals surface area contributed by atoms with Gasteiger partial charge in [0.05, 0.1) is 11.4 Å². The van der Waals surface area contributed by atoms with E-state index in [0.29, 0.717) is 36.9 Å². The van der Waals surface area contributed by atoms with E-state index in [1.54, 1.807) is 6.07 Å². The van der Waals surface area contributed by atoms with Crippen LogP contribution in [0.4, 0.5) is 16.2 Å². The SMILES string of the molecule is O=C(CN1C(=O)CN(C(=O)NCc2ccccc2)c2ccccc21)N1CCC(Cc2ccccc2)CC1. The highest BCUT2D eigenvalue weighted by Crippen LogP contribution is 2.33. The molecule has 3 aromatic rings. The summed E-state index contributed by atoms with van der Waals surface area (Å²) in [6, 6.07) is 27.0. The topological polar surface area (TPSA) is 73.0 Å². The summed E-state index contributed by atoms with van der Waals surface area (Å²) in [5, 5.41) is 2.90. The number of rotatable bonds is 6. The molecular formula is C30H32N4O3. The molecule has 7 heteroatoms. The molecule has 0 bridgehead atoms. The van der Waals surface area contributed by atoms with Crippen LogP contribution in [0.5, 0.6) is 0 Å². The van der Waals surface area contributed by atoms with Gasteiger partial charge in [-0.3, -0.25) is 19.4 Å². The Hall–Kier alpha value is -4.13. The van der Waals surface area contributed by atoms with Crippen LogP contribution < -0.4 is 15.1 Å². The van der Waals surface area contributed by atoms with Crippen LogP contribution in [0.15, 0.2) is 84.9 Å². The zero-order valence-corrected chi connectivity index (χ0v) is 20.9.